The monoisotopic (exact) mass is 387 g/mol. The summed E-state index contributed by atoms with van der Waals surface area (Å²) in [6.07, 6.45) is 2.29. The second-order valence-electron chi connectivity index (χ2n) is 4.78. The first-order valence-electron chi connectivity index (χ1n) is 6.63. The van der Waals surface area contributed by atoms with Crippen LogP contribution < -0.4 is 10.6 Å². The number of ether oxygens (including phenoxy) is 2. The summed E-state index contributed by atoms with van der Waals surface area (Å²) in [4.78, 5) is 4.14. The number of hydrogen-bond acceptors (Lipinski definition) is 3. The van der Waals surface area contributed by atoms with Crippen molar-refractivity contribution >= 4 is 29.9 Å². The van der Waals surface area contributed by atoms with E-state index >= 15 is 0 Å². The van der Waals surface area contributed by atoms with E-state index in [2.05, 4.69) is 22.5 Å². The summed E-state index contributed by atoms with van der Waals surface area (Å²) in [5, 5.41) is 6.42. The Kier molecular flexibility index (Phi) is 14.4. The lowest BCUT2D eigenvalue weighted by atomic mass is 10.1. The van der Waals surface area contributed by atoms with Crippen molar-refractivity contribution in [3.63, 3.8) is 0 Å². The van der Waals surface area contributed by atoms with Crippen LogP contribution in [0.15, 0.2) is 4.99 Å². The number of nitrogens with one attached hydrogen (secondary N) is 2. The van der Waals surface area contributed by atoms with Crippen molar-refractivity contribution in [3.05, 3.63) is 0 Å². The van der Waals surface area contributed by atoms with Crippen molar-refractivity contribution in [3.8, 4) is 0 Å². The first-order chi connectivity index (χ1) is 8.55. The van der Waals surface area contributed by atoms with Gasteiger partial charge in [0, 0.05) is 33.9 Å². The predicted octanol–water partition coefficient (Wildman–Crippen LogP) is 2.01. The zero-order chi connectivity index (χ0) is 13.9. The van der Waals surface area contributed by atoms with Crippen LogP contribution in [0.5, 0.6) is 0 Å². The molecule has 0 aliphatic rings. The fraction of sp³-hybridized carbons (Fsp3) is 0.923. The Bertz CT molecular complexity index is 236. The molecule has 0 rings (SSSR count). The van der Waals surface area contributed by atoms with Gasteiger partial charge in [0.2, 0.25) is 0 Å². The molecule has 5 nitrogen and oxygen atoms in total. The highest BCUT2D eigenvalue weighted by molar-refractivity contribution is 14.0. The molecule has 0 spiro atoms. The van der Waals surface area contributed by atoms with E-state index in [1.165, 1.54) is 6.42 Å². The Morgan fingerprint density at radius 1 is 1.21 bits per heavy atom. The quantitative estimate of drug-likeness (QED) is 0.275. The Balaban J connectivity index is 0. The van der Waals surface area contributed by atoms with Gasteiger partial charge in [0.05, 0.1) is 12.2 Å². The van der Waals surface area contributed by atoms with E-state index in [0.29, 0.717) is 13.2 Å². The number of hydrogen-bond donors (Lipinski definition) is 2. The van der Waals surface area contributed by atoms with E-state index in [1.807, 2.05) is 13.8 Å². The lowest BCUT2D eigenvalue weighted by molar-refractivity contribution is 0.0268. The second kappa shape index (κ2) is 12.9. The molecular formula is C13H30IN3O2. The first kappa shape index (κ1) is 21.2. The smallest absolute Gasteiger partial charge is 0.191 e. The number of guanidine groups is 1. The molecule has 116 valence electrons. The third-order valence-electron chi connectivity index (χ3n) is 2.64. The Morgan fingerprint density at radius 3 is 2.42 bits per heavy atom. The van der Waals surface area contributed by atoms with Crippen molar-refractivity contribution in [2.45, 2.75) is 39.2 Å². The molecule has 0 fully saturated rings. The van der Waals surface area contributed by atoms with Crippen LogP contribution in [0.25, 0.3) is 0 Å². The largest absolute Gasteiger partial charge is 0.380 e. The third kappa shape index (κ3) is 12.7. The first-order valence-corrected chi connectivity index (χ1v) is 6.63. The molecule has 0 unspecified atom stereocenters. The topological polar surface area (TPSA) is 54.9 Å². The minimum atomic E-state index is -0.199. The number of aliphatic imine (C=N–C) groups is 1. The van der Waals surface area contributed by atoms with Crippen molar-refractivity contribution in [1.29, 1.82) is 0 Å². The van der Waals surface area contributed by atoms with Gasteiger partial charge in [0.25, 0.3) is 0 Å². The molecule has 0 bridgehead atoms. The molecule has 0 saturated carbocycles. The van der Waals surface area contributed by atoms with Crippen LogP contribution >= 0.6 is 24.0 Å². The molecule has 6 heteroatoms. The molecule has 0 heterocycles. The number of unbranched alkanes of at least 4 members (excludes halogenated alkanes) is 1. The summed E-state index contributed by atoms with van der Waals surface area (Å²) in [5.41, 5.74) is -0.199. The summed E-state index contributed by atoms with van der Waals surface area (Å²) in [7, 11) is 3.46. The summed E-state index contributed by atoms with van der Waals surface area (Å²) >= 11 is 0. The zero-order valence-electron chi connectivity index (χ0n) is 12.9. The molecule has 0 amide bonds. The molecular weight excluding hydrogens is 357 g/mol. The van der Waals surface area contributed by atoms with Crippen LogP contribution in [0, 0.1) is 0 Å². The van der Waals surface area contributed by atoms with E-state index < -0.39 is 0 Å². The minimum absolute atomic E-state index is 0. The lowest BCUT2D eigenvalue weighted by Gasteiger charge is -2.24. The van der Waals surface area contributed by atoms with Crippen LogP contribution in [0.2, 0.25) is 0 Å². The summed E-state index contributed by atoms with van der Waals surface area (Å²) in [6.45, 7) is 9.22. The number of methoxy groups -OCH3 is 1. The van der Waals surface area contributed by atoms with E-state index in [0.717, 1.165) is 25.5 Å². The van der Waals surface area contributed by atoms with Gasteiger partial charge < -0.3 is 20.1 Å². The van der Waals surface area contributed by atoms with Gasteiger partial charge in [-0.15, -0.1) is 24.0 Å². The van der Waals surface area contributed by atoms with Crippen LogP contribution in [0.1, 0.15) is 33.6 Å². The Morgan fingerprint density at radius 2 is 1.89 bits per heavy atom. The lowest BCUT2D eigenvalue weighted by Crippen LogP contribution is -2.46. The summed E-state index contributed by atoms with van der Waals surface area (Å²) in [6, 6.07) is 0. The van der Waals surface area contributed by atoms with Gasteiger partial charge in [-0.2, -0.15) is 0 Å². The molecule has 0 aliphatic heterocycles. The van der Waals surface area contributed by atoms with Gasteiger partial charge in [0.15, 0.2) is 5.96 Å². The van der Waals surface area contributed by atoms with E-state index in [4.69, 9.17) is 9.47 Å². The van der Waals surface area contributed by atoms with Gasteiger partial charge in [-0.1, -0.05) is 13.3 Å². The van der Waals surface area contributed by atoms with Gasteiger partial charge in [0.1, 0.15) is 0 Å². The number of halogens is 1. The maximum absolute atomic E-state index is 5.47. The maximum Gasteiger partial charge on any atom is 0.191 e. The maximum atomic E-state index is 5.47. The zero-order valence-corrected chi connectivity index (χ0v) is 15.2. The van der Waals surface area contributed by atoms with Gasteiger partial charge in [-0.3, -0.25) is 4.99 Å². The molecule has 2 N–H and O–H groups in total. The van der Waals surface area contributed by atoms with E-state index in [1.54, 1.807) is 14.2 Å². The molecule has 0 aliphatic carbocycles. The van der Waals surface area contributed by atoms with Crippen molar-refractivity contribution in [2.24, 2.45) is 4.99 Å². The van der Waals surface area contributed by atoms with Crippen LogP contribution in [-0.4, -0.2) is 52.0 Å². The van der Waals surface area contributed by atoms with Crippen molar-refractivity contribution in [1.82, 2.24) is 10.6 Å². The fourth-order valence-corrected chi connectivity index (χ4v) is 1.18. The minimum Gasteiger partial charge on any atom is -0.380 e. The van der Waals surface area contributed by atoms with Gasteiger partial charge in [-0.05, 0) is 20.3 Å². The highest BCUT2D eigenvalue weighted by atomic mass is 127. The summed E-state index contributed by atoms with van der Waals surface area (Å²) < 4.78 is 10.8. The van der Waals surface area contributed by atoms with Crippen molar-refractivity contribution in [2.75, 3.05) is 40.5 Å². The third-order valence-corrected chi connectivity index (χ3v) is 2.64. The molecule has 0 aromatic rings. The predicted molar refractivity (Wildman–Crippen MR) is 91.6 cm³/mol. The fourth-order valence-electron chi connectivity index (χ4n) is 1.18. The molecule has 19 heavy (non-hydrogen) atoms. The normalized spacial score (nSPS) is 11.9. The molecule has 0 atom stereocenters. The Labute approximate surface area is 134 Å². The van der Waals surface area contributed by atoms with E-state index in [-0.39, 0.29) is 29.6 Å². The highest BCUT2D eigenvalue weighted by Gasteiger charge is 2.16. The van der Waals surface area contributed by atoms with Crippen LogP contribution in [0.3, 0.4) is 0 Å². The highest BCUT2D eigenvalue weighted by Crippen LogP contribution is 2.04. The average Bonchev–Trinajstić information content (AvgIpc) is 2.37. The molecule has 0 radical (unpaired) electrons. The van der Waals surface area contributed by atoms with Crippen LogP contribution in [0.4, 0.5) is 0 Å². The molecule has 0 saturated heterocycles. The summed E-state index contributed by atoms with van der Waals surface area (Å²) in [5.74, 6) is 0.777. The molecule has 0 aromatic heterocycles. The Hall–Kier alpha value is -0.0800. The second-order valence-corrected chi connectivity index (χ2v) is 4.78. The number of nitrogens with zero attached hydrogens (tertiary/aromatic N) is 1. The molecule has 0 aromatic carbocycles. The SMILES string of the molecule is CCCCOCCNC(=NC)NCC(C)(C)OC.I. The van der Waals surface area contributed by atoms with Gasteiger partial charge in [-0.25, -0.2) is 0 Å². The van der Waals surface area contributed by atoms with Crippen LogP contribution in [-0.2, 0) is 9.47 Å². The van der Waals surface area contributed by atoms with E-state index in [9.17, 15) is 0 Å². The average molecular weight is 387 g/mol. The standard InChI is InChI=1S/C13H29N3O2.HI/c1-6-7-9-18-10-8-15-12(14-4)16-11-13(2,3)17-5;/h6-11H2,1-5H3,(H2,14,15,16);1H. The van der Waals surface area contributed by atoms with Crippen molar-refractivity contribution < 1.29 is 9.47 Å². The number of rotatable bonds is 9. The van der Waals surface area contributed by atoms with Gasteiger partial charge >= 0.3 is 0 Å².